The summed E-state index contributed by atoms with van der Waals surface area (Å²) in [6.45, 7) is 1.24. The zero-order valence-electron chi connectivity index (χ0n) is 11.1. The van der Waals surface area contributed by atoms with Gasteiger partial charge >= 0.3 is 6.03 Å². The number of nitrogens with zero attached hydrogens (tertiary/aromatic N) is 2. The Kier molecular flexibility index (Phi) is 3.15. The Labute approximate surface area is 119 Å². The molecule has 2 aliphatic heterocycles. The van der Waals surface area contributed by atoms with Crippen LogP contribution >= 0.6 is 0 Å². The second-order valence-corrected chi connectivity index (χ2v) is 5.11. The number of urea groups is 1. The van der Waals surface area contributed by atoms with Gasteiger partial charge in [-0.1, -0.05) is 0 Å². The molecule has 6 nitrogen and oxygen atoms in total. The van der Waals surface area contributed by atoms with Gasteiger partial charge < -0.3 is 20.9 Å². The molecule has 8 heteroatoms. The molecule has 21 heavy (non-hydrogen) atoms. The van der Waals surface area contributed by atoms with Gasteiger partial charge in [0.15, 0.2) is 5.82 Å². The van der Waals surface area contributed by atoms with Gasteiger partial charge in [0.1, 0.15) is 11.4 Å². The summed E-state index contributed by atoms with van der Waals surface area (Å²) in [7, 11) is 0. The van der Waals surface area contributed by atoms with E-state index in [4.69, 9.17) is 5.73 Å². The fourth-order valence-electron chi connectivity index (χ4n) is 2.71. The van der Waals surface area contributed by atoms with E-state index in [2.05, 4.69) is 5.32 Å². The van der Waals surface area contributed by atoms with Crippen molar-refractivity contribution in [2.24, 2.45) is 0 Å². The monoisotopic (exact) mass is 296 g/mol. The van der Waals surface area contributed by atoms with Crippen LogP contribution in [0.15, 0.2) is 12.1 Å². The van der Waals surface area contributed by atoms with E-state index in [1.807, 2.05) is 0 Å². The molecule has 3 rings (SSSR count). The van der Waals surface area contributed by atoms with Crippen LogP contribution in [0, 0.1) is 11.6 Å². The second-order valence-electron chi connectivity index (χ2n) is 5.11. The van der Waals surface area contributed by atoms with Crippen LogP contribution in [0.1, 0.15) is 10.4 Å². The third-order valence-corrected chi connectivity index (χ3v) is 3.85. The molecule has 2 fully saturated rings. The molecule has 0 aromatic heterocycles. The topological polar surface area (TPSA) is 78.7 Å². The Hall–Kier alpha value is -2.38. The van der Waals surface area contributed by atoms with Crippen molar-refractivity contribution in [2.75, 3.05) is 31.9 Å². The van der Waals surface area contributed by atoms with Crippen molar-refractivity contribution in [2.45, 2.75) is 6.04 Å². The number of anilines is 1. The van der Waals surface area contributed by atoms with Crippen LogP contribution < -0.4 is 11.1 Å². The number of rotatable bonds is 1. The number of carbonyl (C=O) groups excluding carboxylic acids is 2. The minimum Gasteiger partial charge on any atom is -0.396 e. The number of nitrogen functional groups attached to an aromatic ring is 1. The minimum absolute atomic E-state index is 0.164. The van der Waals surface area contributed by atoms with Crippen LogP contribution in [0.5, 0.6) is 0 Å². The lowest BCUT2D eigenvalue weighted by atomic mass is 10.1. The third kappa shape index (κ3) is 2.16. The fraction of sp³-hybridized carbons (Fsp3) is 0.385. The number of benzene rings is 1. The van der Waals surface area contributed by atoms with E-state index in [1.165, 1.54) is 4.90 Å². The number of nitrogens with two attached hydrogens (primary N) is 1. The van der Waals surface area contributed by atoms with Gasteiger partial charge in [0.25, 0.3) is 5.91 Å². The Balaban J connectivity index is 1.84. The van der Waals surface area contributed by atoms with Crippen LogP contribution in [0.3, 0.4) is 0 Å². The summed E-state index contributed by atoms with van der Waals surface area (Å²) < 4.78 is 27.7. The molecule has 2 aliphatic rings. The first kappa shape index (κ1) is 13.6. The van der Waals surface area contributed by atoms with Crippen LogP contribution in [0.4, 0.5) is 19.3 Å². The van der Waals surface area contributed by atoms with E-state index in [-0.39, 0.29) is 30.8 Å². The Morgan fingerprint density at radius 1 is 1.33 bits per heavy atom. The minimum atomic E-state index is -1.04. The number of halogens is 2. The highest BCUT2D eigenvalue weighted by Gasteiger charge is 2.38. The summed E-state index contributed by atoms with van der Waals surface area (Å²) in [5.41, 5.74) is 4.48. The first-order chi connectivity index (χ1) is 9.99. The van der Waals surface area contributed by atoms with Gasteiger partial charge in [-0.15, -0.1) is 0 Å². The van der Waals surface area contributed by atoms with Gasteiger partial charge in [-0.25, -0.2) is 13.6 Å². The Bertz CT molecular complexity index is 622. The molecule has 0 aliphatic carbocycles. The highest BCUT2D eigenvalue weighted by atomic mass is 19.1. The summed E-state index contributed by atoms with van der Waals surface area (Å²) in [5, 5.41) is 2.67. The van der Waals surface area contributed by atoms with Crippen molar-refractivity contribution in [3.05, 3.63) is 29.3 Å². The van der Waals surface area contributed by atoms with Gasteiger partial charge in [-0.3, -0.25) is 4.79 Å². The third-order valence-electron chi connectivity index (χ3n) is 3.85. The van der Waals surface area contributed by atoms with Gasteiger partial charge in [0.05, 0.1) is 11.7 Å². The second kappa shape index (κ2) is 4.87. The predicted octanol–water partition coefficient (Wildman–Crippen LogP) is 0.397. The fourth-order valence-corrected chi connectivity index (χ4v) is 2.71. The van der Waals surface area contributed by atoms with Gasteiger partial charge in [0.2, 0.25) is 0 Å². The first-order valence-corrected chi connectivity index (χ1v) is 6.56. The SMILES string of the molecule is Nc1ccc(F)c(C(=O)N2CCN3C(=O)NCC3C2)c1F. The summed E-state index contributed by atoms with van der Waals surface area (Å²) in [4.78, 5) is 26.8. The van der Waals surface area contributed by atoms with Crippen LogP contribution in [-0.4, -0.2) is 54.0 Å². The van der Waals surface area contributed by atoms with E-state index in [0.717, 1.165) is 12.1 Å². The summed E-state index contributed by atoms with van der Waals surface area (Å²) >= 11 is 0. The number of hydrogen-bond acceptors (Lipinski definition) is 3. The lowest BCUT2D eigenvalue weighted by Crippen LogP contribution is -2.54. The van der Waals surface area contributed by atoms with E-state index in [0.29, 0.717) is 13.1 Å². The number of fused-ring (bicyclic) bond motifs is 1. The molecule has 0 bridgehead atoms. The van der Waals surface area contributed by atoms with Crippen molar-refractivity contribution in [3.63, 3.8) is 0 Å². The average molecular weight is 296 g/mol. The Morgan fingerprint density at radius 3 is 2.86 bits per heavy atom. The zero-order valence-corrected chi connectivity index (χ0v) is 11.1. The molecule has 3 N–H and O–H groups in total. The summed E-state index contributed by atoms with van der Waals surface area (Å²) in [6.07, 6.45) is 0. The van der Waals surface area contributed by atoms with Gasteiger partial charge in [0, 0.05) is 26.2 Å². The standard InChI is InChI=1S/C13H14F2N4O2/c14-8-1-2-9(16)11(15)10(8)12(20)18-3-4-19-7(6-18)5-17-13(19)21/h1-2,7H,3-6,16H2,(H,17,21). The highest BCUT2D eigenvalue weighted by Crippen LogP contribution is 2.22. The van der Waals surface area contributed by atoms with Crippen LogP contribution in [0.2, 0.25) is 0 Å². The van der Waals surface area contributed by atoms with E-state index in [1.54, 1.807) is 4.90 Å². The zero-order chi connectivity index (χ0) is 15.1. The first-order valence-electron chi connectivity index (χ1n) is 6.56. The molecule has 2 saturated heterocycles. The number of nitrogens with one attached hydrogen (secondary N) is 1. The van der Waals surface area contributed by atoms with E-state index >= 15 is 0 Å². The molecular weight excluding hydrogens is 282 g/mol. The normalized spacial score (nSPS) is 21.2. The lowest BCUT2D eigenvalue weighted by Gasteiger charge is -2.36. The van der Waals surface area contributed by atoms with Crippen molar-refractivity contribution < 1.29 is 18.4 Å². The predicted molar refractivity (Wildman–Crippen MR) is 70.6 cm³/mol. The molecular formula is C13H14F2N4O2. The van der Waals surface area contributed by atoms with Crippen molar-refractivity contribution in [3.8, 4) is 0 Å². The Morgan fingerprint density at radius 2 is 2.10 bits per heavy atom. The smallest absolute Gasteiger partial charge is 0.317 e. The molecule has 1 aromatic carbocycles. The molecule has 112 valence electrons. The molecule has 0 spiro atoms. The molecule has 3 amide bonds. The number of carbonyl (C=O) groups is 2. The van der Waals surface area contributed by atoms with Gasteiger partial charge in [-0.2, -0.15) is 0 Å². The maximum absolute atomic E-state index is 13.9. The van der Waals surface area contributed by atoms with Crippen LogP contribution in [-0.2, 0) is 0 Å². The number of piperazine rings is 1. The quantitative estimate of drug-likeness (QED) is 0.736. The van der Waals surface area contributed by atoms with Gasteiger partial charge in [-0.05, 0) is 12.1 Å². The molecule has 1 atom stereocenters. The largest absolute Gasteiger partial charge is 0.396 e. The number of amides is 3. The van der Waals surface area contributed by atoms with Crippen molar-refractivity contribution in [1.82, 2.24) is 15.1 Å². The van der Waals surface area contributed by atoms with E-state index in [9.17, 15) is 18.4 Å². The lowest BCUT2D eigenvalue weighted by molar-refractivity contribution is 0.0607. The van der Waals surface area contributed by atoms with Crippen LogP contribution in [0.25, 0.3) is 0 Å². The summed E-state index contributed by atoms with van der Waals surface area (Å²) in [5.74, 6) is -2.71. The maximum atomic E-state index is 13.9. The summed E-state index contributed by atoms with van der Waals surface area (Å²) in [6, 6.07) is 1.72. The van der Waals surface area contributed by atoms with Crippen molar-refractivity contribution >= 4 is 17.6 Å². The number of hydrogen-bond donors (Lipinski definition) is 2. The highest BCUT2D eigenvalue weighted by molar-refractivity contribution is 5.96. The molecule has 1 unspecified atom stereocenters. The maximum Gasteiger partial charge on any atom is 0.317 e. The molecule has 0 radical (unpaired) electrons. The van der Waals surface area contributed by atoms with E-state index < -0.39 is 23.1 Å². The van der Waals surface area contributed by atoms with Crippen molar-refractivity contribution in [1.29, 1.82) is 0 Å². The average Bonchev–Trinajstić information content (AvgIpc) is 2.84. The molecule has 1 aromatic rings. The molecule has 0 saturated carbocycles. The molecule has 2 heterocycles.